The molecule has 0 aromatic heterocycles. The molecule has 2 amide bonds. The van der Waals surface area contributed by atoms with Gasteiger partial charge < -0.3 is 15.3 Å². The van der Waals surface area contributed by atoms with Crippen LogP contribution in [0.25, 0.3) is 0 Å². The van der Waals surface area contributed by atoms with Crippen molar-refractivity contribution in [2.24, 2.45) is 0 Å². The molecule has 0 aromatic rings. The number of nitrogens with one attached hydrogen (secondary N) is 1. The zero-order chi connectivity index (χ0) is 12.7. The summed E-state index contributed by atoms with van der Waals surface area (Å²) in [6.45, 7) is 3.19. The first-order valence-electron chi connectivity index (χ1n) is 6.29. The Morgan fingerprint density at radius 1 is 1.29 bits per heavy atom. The van der Waals surface area contributed by atoms with Crippen LogP contribution in [-0.2, 0) is 9.59 Å². The number of carbonyl (C=O) groups is 2. The molecule has 1 fully saturated rings. The van der Waals surface area contributed by atoms with Crippen LogP contribution in [0.1, 0.15) is 39.0 Å². The molecule has 5 heteroatoms. The van der Waals surface area contributed by atoms with E-state index in [1.54, 1.807) is 6.92 Å². The normalized spacial score (nSPS) is 16.9. The summed E-state index contributed by atoms with van der Waals surface area (Å²) >= 11 is 0. The van der Waals surface area contributed by atoms with Gasteiger partial charge in [0.15, 0.2) is 0 Å². The van der Waals surface area contributed by atoms with E-state index in [2.05, 4.69) is 5.32 Å². The quantitative estimate of drug-likeness (QED) is 0.680. The van der Waals surface area contributed by atoms with Crippen LogP contribution >= 0.6 is 0 Å². The number of carbonyl (C=O) groups excluding carboxylic acids is 2. The van der Waals surface area contributed by atoms with Gasteiger partial charge in [0, 0.05) is 39.1 Å². The lowest BCUT2D eigenvalue weighted by atomic mass is 10.0. The van der Waals surface area contributed by atoms with Gasteiger partial charge in [-0.05, 0) is 25.7 Å². The third-order valence-corrected chi connectivity index (χ3v) is 3.12. The molecule has 1 saturated heterocycles. The molecule has 1 aliphatic heterocycles. The molecule has 1 rings (SSSR count). The van der Waals surface area contributed by atoms with Gasteiger partial charge >= 0.3 is 0 Å². The lowest BCUT2D eigenvalue weighted by Gasteiger charge is -2.31. The molecule has 1 heterocycles. The average Bonchev–Trinajstić information content (AvgIpc) is 2.30. The van der Waals surface area contributed by atoms with Crippen molar-refractivity contribution in [3.63, 3.8) is 0 Å². The maximum absolute atomic E-state index is 11.5. The summed E-state index contributed by atoms with van der Waals surface area (Å²) in [5, 5.41) is 11.6. The number of hydrogen-bond acceptors (Lipinski definition) is 3. The standard InChI is InChI=1S/C12H22N2O3/c1-10(16)14-7-5-11(6-8-14)13-12(17)4-2-3-9-15/h11,15H,2-9H2,1H3,(H,13,17). The van der Waals surface area contributed by atoms with Crippen LogP contribution in [0.2, 0.25) is 0 Å². The van der Waals surface area contributed by atoms with E-state index in [1.807, 2.05) is 4.90 Å². The zero-order valence-corrected chi connectivity index (χ0v) is 10.4. The third kappa shape index (κ3) is 5.17. The summed E-state index contributed by atoms with van der Waals surface area (Å²) in [5.74, 6) is 0.164. The van der Waals surface area contributed by atoms with Gasteiger partial charge in [-0.3, -0.25) is 9.59 Å². The molecule has 2 N–H and O–H groups in total. The Bertz CT molecular complexity index is 260. The van der Waals surface area contributed by atoms with Crippen molar-refractivity contribution in [3.8, 4) is 0 Å². The Morgan fingerprint density at radius 3 is 2.47 bits per heavy atom. The van der Waals surface area contributed by atoms with Crippen molar-refractivity contribution >= 4 is 11.8 Å². The van der Waals surface area contributed by atoms with E-state index >= 15 is 0 Å². The van der Waals surface area contributed by atoms with Crippen molar-refractivity contribution in [2.45, 2.75) is 45.1 Å². The van der Waals surface area contributed by atoms with E-state index in [0.717, 1.165) is 32.4 Å². The Hall–Kier alpha value is -1.10. The molecule has 0 bridgehead atoms. The van der Waals surface area contributed by atoms with Crippen LogP contribution in [0.4, 0.5) is 0 Å². The van der Waals surface area contributed by atoms with Crippen LogP contribution in [0.15, 0.2) is 0 Å². The fraction of sp³-hybridized carbons (Fsp3) is 0.833. The second kappa shape index (κ2) is 7.27. The van der Waals surface area contributed by atoms with E-state index in [0.29, 0.717) is 12.8 Å². The van der Waals surface area contributed by atoms with Gasteiger partial charge in [-0.2, -0.15) is 0 Å². The number of nitrogens with zero attached hydrogens (tertiary/aromatic N) is 1. The number of likely N-dealkylation sites (tertiary alicyclic amines) is 1. The minimum absolute atomic E-state index is 0.0553. The summed E-state index contributed by atoms with van der Waals surface area (Å²) in [4.78, 5) is 24.5. The van der Waals surface area contributed by atoms with E-state index in [1.165, 1.54) is 0 Å². The fourth-order valence-corrected chi connectivity index (χ4v) is 2.04. The van der Waals surface area contributed by atoms with Gasteiger partial charge in [-0.1, -0.05) is 0 Å². The molecular formula is C12H22N2O3. The van der Waals surface area contributed by atoms with Crippen LogP contribution < -0.4 is 5.32 Å². The number of piperidine rings is 1. The second-order valence-corrected chi connectivity index (χ2v) is 4.53. The molecule has 5 nitrogen and oxygen atoms in total. The number of hydrogen-bond donors (Lipinski definition) is 2. The van der Waals surface area contributed by atoms with Crippen molar-refractivity contribution in [3.05, 3.63) is 0 Å². The number of amides is 2. The van der Waals surface area contributed by atoms with Crippen molar-refractivity contribution in [2.75, 3.05) is 19.7 Å². The first kappa shape index (κ1) is 14.0. The Kier molecular flexibility index (Phi) is 5.97. The molecule has 0 aromatic carbocycles. The van der Waals surface area contributed by atoms with Gasteiger partial charge in [-0.15, -0.1) is 0 Å². The highest BCUT2D eigenvalue weighted by Crippen LogP contribution is 2.10. The number of aliphatic hydroxyl groups excluding tert-OH is 1. The van der Waals surface area contributed by atoms with Crippen molar-refractivity contribution < 1.29 is 14.7 Å². The second-order valence-electron chi connectivity index (χ2n) is 4.53. The Balaban J connectivity index is 2.17. The van der Waals surface area contributed by atoms with E-state index in [4.69, 9.17) is 5.11 Å². The molecule has 0 unspecified atom stereocenters. The predicted molar refractivity (Wildman–Crippen MR) is 64.4 cm³/mol. The van der Waals surface area contributed by atoms with E-state index < -0.39 is 0 Å². The lowest BCUT2D eigenvalue weighted by Crippen LogP contribution is -2.45. The summed E-state index contributed by atoms with van der Waals surface area (Å²) < 4.78 is 0. The summed E-state index contributed by atoms with van der Waals surface area (Å²) in [6.07, 6.45) is 3.56. The highest BCUT2D eigenvalue weighted by molar-refractivity contribution is 5.76. The summed E-state index contributed by atoms with van der Waals surface area (Å²) in [5.41, 5.74) is 0. The molecule has 0 aliphatic carbocycles. The smallest absolute Gasteiger partial charge is 0.220 e. The summed E-state index contributed by atoms with van der Waals surface area (Å²) in [7, 11) is 0. The monoisotopic (exact) mass is 242 g/mol. The average molecular weight is 242 g/mol. The Morgan fingerprint density at radius 2 is 1.94 bits per heavy atom. The molecule has 98 valence electrons. The minimum Gasteiger partial charge on any atom is -0.396 e. The van der Waals surface area contributed by atoms with Crippen molar-refractivity contribution in [1.82, 2.24) is 10.2 Å². The number of rotatable bonds is 5. The SMILES string of the molecule is CC(=O)N1CCC(NC(=O)CCCCO)CC1. The predicted octanol–water partition coefficient (Wildman–Crippen LogP) is 0.276. The van der Waals surface area contributed by atoms with Gasteiger partial charge in [0.1, 0.15) is 0 Å². The molecule has 17 heavy (non-hydrogen) atoms. The largest absolute Gasteiger partial charge is 0.396 e. The van der Waals surface area contributed by atoms with E-state index in [-0.39, 0.29) is 24.5 Å². The number of unbranched alkanes of at least 4 members (excludes halogenated alkanes) is 1. The topological polar surface area (TPSA) is 69.6 Å². The molecule has 1 aliphatic rings. The molecule has 0 atom stereocenters. The molecular weight excluding hydrogens is 220 g/mol. The number of aliphatic hydroxyl groups is 1. The van der Waals surface area contributed by atoms with Crippen LogP contribution in [0, 0.1) is 0 Å². The molecule has 0 saturated carbocycles. The van der Waals surface area contributed by atoms with Crippen LogP contribution in [0.5, 0.6) is 0 Å². The van der Waals surface area contributed by atoms with E-state index in [9.17, 15) is 9.59 Å². The minimum atomic E-state index is 0.0553. The van der Waals surface area contributed by atoms with Crippen LogP contribution in [-0.4, -0.2) is 47.6 Å². The van der Waals surface area contributed by atoms with Gasteiger partial charge in [0.2, 0.25) is 11.8 Å². The van der Waals surface area contributed by atoms with Crippen LogP contribution in [0.3, 0.4) is 0 Å². The lowest BCUT2D eigenvalue weighted by molar-refractivity contribution is -0.130. The van der Waals surface area contributed by atoms with Gasteiger partial charge in [0.25, 0.3) is 0 Å². The Labute approximate surface area is 102 Å². The maximum Gasteiger partial charge on any atom is 0.220 e. The maximum atomic E-state index is 11.5. The first-order valence-corrected chi connectivity index (χ1v) is 6.29. The third-order valence-electron chi connectivity index (χ3n) is 3.12. The highest BCUT2D eigenvalue weighted by atomic mass is 16.3. The van der Waals surface area contributed by atoms with Gasteiger partial charge in [-0.25, -0.2) is 0 Å². The summed E-state index contributed by atoms with van der Waals surface area (Å²) in [6, 6.07) is 0.201. The zero-order valence-electron chi connectivity index (χ0n) is 10.4. The molecule has 0 spiro atoms. The van der Waals surface area contributed by atoms with Gasteiger partial charge in [0.05, 0.1) is 0 Å². The fourth-order valence-electron chi connectivity index (χ4n) is 2.04. The first-order chi connectivity index (χ1) is 8.13. The highest BCUT2D eigenvalue weighted by Gasteiger charge is 2.21. The molecule has 0 radical (unpaired) electrons. The van der Waals surface area contributed by atoms with Crippen molar-refractivity contribution in [1.29, 1.82) is 0 Å².